The monoisotopic (exact) mass is 221 g/mol. The number of benzene rings is 1. The van der Waals surface area contributed by atoms with Crippen LogP contribution < -0.4 is 10.1 Å². The molecule has 0 spiro atoms. The van der Waals surface area contributed by atoms with Crippen molar-refractivity contribution in [3.05, 3.63) is 23.8 Å². The number of hydrogen-bond donors (Lipinski definition) is 2. The van der Waals surface area contributed by atoms with Crippen LogP contribution in [0.15, 0.2) is 18.2 Å². The van der Waals surface area contributed by atoms with Gasteiger partial charge in [0.2, 0.25) is 0 Å². The van der Waals surface area contributed by atoms with Crippen molar-refractivity contribution in [2.45, 2.75) is 12.8 Å². The minimum absolute atomic E-state index is 0.0292. The van der Waals surface area contributed by atoms with Crippen LogP contribution >= 0.6 is 0 Å². The fraction of sp³-hybridized carbons (Fsp3) is 0.273. The highest BCUT2D eigenvalue weighted by atomic mass is 16.5. The first-order valence-corrected chi connectivity index (χ1v) is 4.92. The summed E-state index contributed by atoms with van der Waals surface area (Å²) in [6, 6.07) is 5.29. The van der Waals surface area contributed by atoms with Crippen LogP contribution in [0, 0.1) is 0 Å². The summed E-state index contributed by atoms with van der Waals surface area (Å²) in [6.07, 6.45) is 0.520. The Kier molecular flexibility index (Phi) is 2.76. The molecular weight excluding hydrogens is 210 g/mol. The summed E-state index contributed by atoms with van der Waals surface area (Å²) in [5, 5.41) is 11.2. The van der Waals surface area contributed by atoms with Gasteiger partial charge in [-0.25, -0.2) is 0 Å². The van der Waals surface area contributed by atoms with E-state index in [2.05, 4.69) is 5.32 Å². The number of ether oxygens (including phenoxy) is 1. The molecule has 1 amide bonds. The van der Waals surface area contributed by atoms with Gasteiger partial charge in [-0.2, -0.15) is 0 Å². The number of carboxylic acid groups (broad SMARTS) is 1. The predicted octanol–water partition coefficient (Wildman–Crippen LogP) is 1.03. The molecule has 16 heavy (non-hydrogen) atoms. The molecule has 5 heteroatoms. The van der Waals surface area contributed by atoms with Crippen LogP contribution in [-0.2, 0) is 16.0 Å². The number of carbonyl (C=O) groups is 2. The fourth-order valence-corrected chi connectivity index (χ4v) is 1.54. The number of carboxylic acids is 1. The van der Waals surface area contributed by atoms with E-state index < -0.39 is 5.97 Å². The highest BCUT2D eigenvalue weighted by Gasteiger charge is 2.15. The van der Waals surface area contributed by atoms with E-state index in [0.717, 1.165) is 5.56 Å². The molecule has 2 N–H and O–H groups in total. The second kappa shape index (κ2) is 4.22. The topological polar surface area (TPSA) is 75.6 Å². The molecule has 84 valence electrons. The van der Waals surface area contributed by atoms with E-state index >= 15 is 0 Å². The maximum absolute atomic E-state index is 11.1. The zero-order chi connectivity index (χ0) is 11.5. The number of fused-ring (bicyclic) bond motifs is 1. The van der Waals surface area contributed by atoms with Gasteiger partial charge in [0.05, 0.1) is 5.69 Å². The van der Waals surface area contributed by atoms with Gasteiger partial charge in [-0.15, -0.1) is 0 Å². The van der Waals surface area contributed by atoms with Crippen molar-refractivity contribution >= 4 is 17.6 Å². The Morgan fingerprint density at radius 1 is 1.50 bits per heavy atom. The molecule has 1 heterocycles. The molecule has 0 radical (unpaired) electrons. The largest absolute Gasteiger partial charge is 0.482 e. The van der Waals surface area contributed by atoms with Crippen molar-refractivity contribution in [2.24, 2.45) is 0 Å². The highest BCUT2D eigenvalue weighted by molar-refractivity contribution is 5.95. The maximum atomic E-state index is 11.1. The molecule has 0 bridgehead atoms. The van der Waals surface area contributed by atoms with Crippen molar-refractivity contribution in [1.29, 1.82) is 0 Å². The molecule has 2 rings (SSSR count). The SMILES string of the molecule is O=C(O)CCc1ccc2c(c1)NC(=O)CO2. The van der Waals surface area contributed by atoms with Gasteiger partial charge in [0.1, 0.15) is 5.75 Å². The lowest BCUT2D eigenvalue weighted by Crippen LogP contribution is -2.25. The van der Waals surface area contributed by atoms with E-state index in [-0.39, 0.29) is 18.9 Å². The van der Waals surface area contributed by atoms with Crippen molar-refractivity contribution < 1.29 is 19.4 Å². The summed E-state index contributed by atoms with van der Waals surface area (Å²) in [4.78, 5) is 21.5. The standard InChI is InChI=1S/C11H11NO4/c13-10-6-16-9-3-1-7(2-4-11(14)15)5-8(9)12-10/h1,3,5H,2,4,6H2,(H,12,13)(H,14,15). The number of carbonyl (C=O) groups excluding carboxylic acids is 1. The van der Waals surface area contributed by atoms with E-state index in [1.807, 2.05) is 0 Å². The molecule has 1 aromatic rings. The summed E-state index contributed by atoms with van der Waals surface area (Å²) in [5.74, 6) is -0.403. The number of rotatable bonds is 3. The van der Waals surface area contributed by atoms with Gasteiger partial charge in [0.25, 0.3) is 5.91 Å². The molecule has 1 aliphatic rings. The molecular formula is C11H11NO4. The zero-order valence-corrected chi connectivity index (χ0v) is 8.53. The van der Waals surface area contributed by atoms with Crippen molar-refractivity contribution in [3.63, 3.8) is 0 Å². The molecule has 0 saturated heterocycles. The molecule has 0 fully saturated rings. The Morgan fingerprint density at radius 2 is 2.31 bits per heavy atom. The Labute approximate surface area is 92.0 Å². The summed E-state index contributed by atoms with van der Waals surface area (Å²) < 4.78 is 5.19. The summed E-state index contributed by atoms with van der Waals surface area (Å²) in [7, 11) is 0. The second-order valence-corrected chi connectivity index (χ2v) is 3.56. The number of nitrogens with one attached hydrogen (secondary N) is 1. The summed E-state index contributed by atoms with van der Waals surface area (Å²) in [5.41, 5.74) is 1.48. The van der Waals surface area contributed by atoms with Crippen LogP contribution in [0.25, 0.3) is 0 Å². The quantitative estimate of drug-likeness (QED) is 0.799. The van der Waals surface area contributed by atoms with Crippen LogP contribution in [0.2, 0.25) is 0 Å². The van der Waals surface area contributed by atoms with Crippen molar-refractivity contribution in [2.75, 3.05) is 11.9 Å². The van der Waals surface area contributed by atoms with Crippen LogP contribution in [0.1, 0.15) is 12.0 Å². The van der Waals surface area contributed by atoms with Gasteiger partial charge in [-0.3, -0.25) is 9.59 Å². The fourth-order valence-electron chi connectivity index (χ4n) is 1.54. The Balaban J connectivity index is 2.14. The number of aryl methyl sites for hydroxylation is 1. The van der Waals surface area contributed by atoms with Crippen LogP contribution in [0.5, 0.6) is 5.75 Å². The molecule has 0 unspecified atom stereocenters. The van der Waals surface area contributed by atoms with E-state index in [4.69, 9.17) is 9.84 Å². The van der Waals surface area contributed by atoms with Gasteiger partial charge in [0.15, 0.2) is 6.61 Å². The van der Waals surface area contributed by atoms with Crippen LogP contribution in [-0.4, -0.2) is 23.6 Å². The molecule has 0 aromatic heterocycles. The van der Waals surface area contributed by atoms with Gasteiger partial charge < -0.3 is 15.2 Å². The predicted molar refractivity (Wildman–Crippen MR) is 56.5 cm³/mol. The number of amides is 1. The minimum Gasteiger partial charge on any atom is -0.482 e. The lowest BCUT2D eigenvalue weighted by atomic mass is 10.1. The molecule has 0 atom stereocenters. The van der Waals surface area contributed by atoms with Crippen LogP contribution in [0.4, 0.5) is 5.69 Å². The summed E-state index contributed by atoms with van der Waals surface area (Å²) >= 11 is 0. The van der Waals surface area contributed by atoms with E-state index in [1.165, 1.54) is 0 Å². The average Bonchev–Trinajstić information content (AvgIpc) is 2.25. The zero-order valence-electron chi connectivity index (χ0n) is 8.53. The number of hydrogen-bond acceptors (Lipinski definition) is 3. The van der Waals surface area contributed by atoms with Gasteiger partial charge in [-0.05, 0) is 24.1 Å². The summed E-state index contributed by atoms with van der Waals surface area (Å²) in [6.45, 7) is 0.0292. The Hall–Kier alpha value is -2.04. The van der Waals surface area contributed by atoms with Gasteiger partial charge >= 0.3 is 5.97 Å². The Bertz CT molecular complexity index is 442. The first-order chi connectivity index (χ1) is 7.65. The van der Waals surface area contributed by atoms with E-state index in [0.29, 0.717) is 17.9 Å². The molecule has 1 aromatic carbocycles. The second-order valence-electron chi connectivity index (χ2n) is 3.56. The van der Waals surface area contributed by atoms with Gasteiger partial charge in [0, 0.05) is 6.42 Å². The van der Waals surface area contributed by atoms with Crippen molar-refractivity contribution in [3.8, 4) is 5.75 Å². The van der Waals surface area contributed by atoms with E-state index in [1.54, 1.807) is 18.2 Å². The minimum atomic E-state index is -0.835. The molecule has 0 saturated carbocycles. The van der Waals surface area contributed by atoms with Crippen molar-refractivity contribution in [1.82, 2.24) is 0 Å². The third-order valence-corrected chi connectivity index (χ3v) is 2.30. The maximum Gasteiger partial charge on any atom is 0.303 e. The lowest BCUT2D eigenvalue weighted by molar-refractivity contribution is -0.137. The van der Waals surface area contributed by atoms with E-state index in [9.17, 15) is 9.59 Å². The first kappa shape index (κ1) is 10.5. The molecule has 5 nitrogen and oxygen atoms in total. The third kappa shape index (κ3) is 2.31. The third-order valence-electron chi connectivity index (χ3n) is 2.30. The average molecular weight is 221 g/mol. The smallest absolute Gasteiger partial charge is 0.303 e. The van der Waals surface area contributed by atoms with Gasteiger partial charge in [-0.1, -0.05) is 6.07 Å². The normalized spacial score (nSPS) is 13.6. The lowest BCUT2D eigenvalue weighted by Gasteiger charge is -2.18. The first-order valence-electron chi connectivity index (χ1n) is 4.92. The number of anilines is 1. The Morgan fingerprint density at radius 3 is 3.06 bits per heavy atom. The number of aliphatic carboxylic acids is 1. The highest BCUT2D eigenvalue weighted by Crippen LogP contribution is 2.28. The molecule has 1 aliphatic heterocycles. The van der Waals surface area contributed by atoms with Crippen LogP contribution in [0.3, 0.4) is 0 Å². The molecule has 0 aliphatic carbocycles.